The van der Waals surface area contributed by atoms with Crippen molar-refractivity contribution in [1.29, 1.82) is 0 Å². The van der Waals surface area contributed by atoms with Crippen LogP contribution in [0.4, 0.5) is 4.39 Å². The smallest absolute Gasteiger partial charge is 0.251 e. The second-order valence-corrected chi connectivity index (χ2v) is 5.61. The molecule has 0 aliphatic rings. The number of aryl methyl sites for hydroxylation is 1. The van der Waals surface area contributed by atoms with E-state index in [0.717, 1.165) is 11.1 Å². The van der Waals surface area contributed by atoms with E-state index in [1.54, 1.807) is 12.1 Å². The molecule has 0 aliphatic carbocycles. The van der Waals surface area contributed by atoms with Crippen molar-refractivity contribution in [3.63, 3.8) is 0 Å². The fraction of sp³-hybridized carbons (Fsp3) is 0.278. The number of hydrogen-bond donors (Lipinski definition) is 1. The standard InChI is InChI=1S/C18H21FN2O/c1-13-6-4-8-15(10-13)18(22)20-12-17(21(2)3)14-7-5-9-16(19)11-14/h4-11,17H,12H2,1-3H3,(H,20,22). The summed E-state index contributed by atoms with van der Waals surface area (Å²) in [7, 11) is 3.82. The Bertz CT molecular complexity index is 655. The van der Waals surface area contributed by atoms with Crippen LogP contribution in [0.15, 0.2) is 48.5 Å². The number of halogens is 1. The quantitative estimate of drug-likeness (QED) is 0.920. The molecule has 0 aromatic heterocycles. The maximum absolute atomic E-state index is 13.4. The van der Waals surface area contributed by atoms with Gasteiger partial charge in [-0.05, 0) is 50.8 Å². The summed E-state index contributed by atoms with van der Waals surface area (Å²) in [4.78, 5) is 14.2. The Hall–Kier alpha value is -2.20. The molecule has 116 valence electrons. The molecule has 0 spiro atoms. The van der Waals surface area contributed by atoms with Gasteiger partial charge < -0.3 is 10.2 Å². The summed E-state index contributed by atoms with van der Waals surface area (Å²) in [6.45, 7) is 2.37. The molecule has 2 aromatic rings. The largest absolute Gasteiger partial charge is 0.350 e. The minimum Gasteiger partial charge on any atom is -0.350 e. The molecule has 2 rings (SSSR count). The zero-order valence-electron chi connectivity index (χ0n) is 13.1. The molecule has 22 heavy (non-hydrogen) atoms. The lowest BCUT2D eigenvalue weighted by Gasteiger charge is -2.25. The van der Waals surface area contributed by atoms with Gasteiger partial charge in [-0.15, -0.1) is 0 Å². The van der Waals surface area contributed by atoms with Gasteiger partial charge in [-0.25, -0.2) is 4.39 Å². The Morgan fingerprint density at radius 2 is 1.91 bits per heavy atom. The highest BCUT2D eigenvalue weighted by Crippen LogP contribution is 2.18. The molecule has 0 aliphatic heterocycles. The molecule has 0 radical (unpaired) electrons. The van der Waals surface area contributed by atoms with Crippen molar-refractivity contribution >= 4 is 5.91 Å². The molecule has 3 nitrogen and oxygen atoms in total. The van der Waals surface area contributed by atoms with Gasteiger partial charge in [0.2, 0.25) is 0 Å². The highest BCUT2D eigenvalue weighted by molar-refractivity contribution is 5.94. The summed E-state index contributed by atoms with van der Waals surface area (Å²) >= 11 is 0. The average molecular weight is 300 g/mol. The van der Waals surface area contributed by atoms with Crippen molar-refractivity contribution in [1.82, 2.24) is 10.2 Å². The summed E-state index contributed by atoms with van der Waals surface area (Å²) in [5, 5.41) is 2.92. The maximum Gasteiger partial charge on any atom is 0.251 e. The van der Waals surface area contributed by atoms with Crippen LogP contribution in [0.2, 0.25) is 0 Å². The molecule has 1 atom stereocenters. The molecule has 0 saturated carbocycles. The van der Waals surface area contributed by atoms with Crippen LogP contribution in [0.25, 0.3) is 0 Å². The zero-order valence-corrected chi connectivity index (χ0v) is 13.1. The molecule has 1 N–H and O–H groups in total. The number of benzene rings is 2. The summed E-state index contributed by atoms with van der Waals surface area (Å²) < 4.78 is 13.4. The molecule has 0 saturated heterocycles. The van der Waals surface area contributed by atoms with Crippen LogP contribution < -0.4 is 5.32 Å². The predicted molar refractivity (Wildman–Crippen MR) is 86.3 cm³/mol. The second kappa shape index (κ2) is 7.18. The Morgan fingerprint density at radius 3 is 2.55 bits per heavy atom. The van der Waals surface area contributed by atoms with E-state index >= 15 is 0 Å². The van der Waals surface area contributed by atoms with Gasteiger partial charge >= 0.3 is 0 Å². The van der Waals surface area contributed by atoms with Gasteiger partial charge in [-0.2, -0.15) is 0 Å². The highest BCUT2D eigenvalue weighted by atomic mass is 19.1. The van der Waals surface area contributed by atoms with Crippen LogP contribution in [-0.2, 0) is 0 Å². The van der Waals surface area contributed by atoms with Crippen LogP contribution in [0, 0.1) is 12.7 Å². The molecule has 0 heterocycles. The van der Waals surface area contributed by atoms with E-state index in [2.05, 4.69) is 5.32 Å². The molecule has 0 bridgehead atoms. The monoisotopic (exact) mass is 300 g/mol. The summed E-state index contributed by atoms with van der Waals surface area (Å²) in [5.41, 5.74) is 2.52. The molecule has 4 heteroatoms. The molecule has 0 fully saturated rings. The summed E-state index contributed by atoms with van der Waals surface area (Å²) in [6.07, 6.45) is 0. The number of hydrogen-bond acceptors (Lipinski definition) is 2. The third-order valence-electron chi connectivity index (χ3n) is 3.59. The summed E-state index contributed by atoms with van der Waals surface area (Å²) in [6, 6.07) is 13.8. The number of carbonyl (C=O) groups is 1. The lowest BCUT2D eigenvalue weighted by atomic mass is 10.1. The number of likely N-dealkylation sites (N-methyl/N-ethyl adjacent to an activating group) is 1. The number of nitrogens with zero attached hydrogens (tertiary/aromatic N) is 1. The van der Waals surface area contributed by atoms with Gasteiger partial charge in [0, 0.05) is 12.1 Å². The van der Waals surface area contributed by atoms with Gasteiger partial charge in [0.05, 0.1) is 6.04 Å². The minimum absolute atomic E-state index is 0.0792. The SMILES string of the molecule is Cc1cccc(C(=O)NCC(c2cccc(F)c2)N(C)C)c1. The molecule has 1 amide bonds. The number of carbonyl (C=O) groups excluding carboxylic acids is 1. The first-order valence-corrected chi connectivity index (χ1v) is 7.24. The lowest BCUT2D eigenvalue weighted by Crippen LogP contribution is -2.34. The Balaban J connectivity index is 2.08. The van der Waals surface area contributed by atoms with Crippen LogP contribution >= 0.6 is 0 Å². The predicted octanol–water partition coefficient (Wildman–Crippen LogP) is 3.17. The van der Waals surface area contributed by atoms with Crippen molar-refractivity contribution in [3.8, 4) is 0 Å². The lowest BCUT2D eigenvalue weighted by molar-refractivity contribution is 0.0942. The van der Waals surface area contributed by atoms with Crippen molar-refractivity contribution in [3.05, 3.63) is 71.0 Å². The topological polar surface area (TPSA) is 32.3 Å². The van der Waals surface area contributed by atoms with E-state index in [9.17, 15) is 9.18 Å². The second-order valence-electron chi connectivity index (χ2n) is 5.61. The van der Waals surface area contributed by atoms with Gasteiger partial charge in [-0.3, -0.25) is 4.79 Å². The van der Waals surface area contributed by atoms with Crippen LogP contribution in [0.5, 0.6) is 0 Å². The van der Waals surface area contributed by atoms with Gasteiger partial charge in [0.15, 0.2) is 0 Å². The first kappa shape index (κ1) is 16.2. The molecule has 2 aromatic carbocycles. The molecular formula is C18H21FN2O. The van der Waals surface area contributed by atoms with Gasteiger partial charge in [0.1, 0.15) is 5.82 Å². The first-order chi connectivity index (χ1) is 10.5. The van der Waals surface area contributed by atoms with Gasteiger partial charge in [0.25, 0.3) is 5.91 Å². The minimum atomic E-state index is -0.269. The van der Waals surface area contributed by atoms with E-state index in [4.69, 9.17) is 0 Å². The Morgan fingerprint density at radius 1 is 1.18 bits per heavy atom. The van der Waals surface area contributed by atoms with E-state index < -0.39 is 0 Å². The number of nitrogens with one attached hydrogen (secondary N) is 1. The third-order valence-corrected chi connectivity index (χ3v) is 3.59. The fourth-order valence-electron chi connectivity index (χ4n) is 2.39. The van der Waals surface area contributed by atoms with Crippen LogP contribution in [0.1, 0.15) is 27.5 Å². The zero-order chi connectivity index (χ0) is 16.1. The van der Waals surface area contributed by atoms with E-state index in [0.29, 0.717) is 12.1 Å². The van der Waals surface area contributed by atoms with Crippen molar-refractivity contribution in [2.24, 2.45) is 0 Å². The summed E-state index contributed by atoms with van der Waals surface area (Å²) in [5.74, 6) is -0.388. The Labute approximate surface area is 130 Å². The van der Waals surface area contributed by atoms with E-state index in [1.807, 2.05) is 50.2 Å². The van der Waals surface area contributed by atoms with Crippen LogP contribution in [0.3, 0.4) is 0 Å². The average Bonchev–Trinajstić information content (AvgIpc) is 2.47. The van der Waals surface area contributed by atoms with E-state index in [1.165, 1.54) is 12.1 Å². The van der Waals surface area contributed by atoms with Crippen LogP contribution in [-0.4, -0.2) is 31.4 Å². The number of rotatable bonds is 5. The maximum atomic E-state index is 13.4. The highest BCUT2D eigenvalue weighted by Gasteiger charge is 2.16. The first-order valence-electron chi connectivity index (χ1n) is 7.24. The van der Waals surface area contributed by atoms with E-state index in [-0.39, 0.29) is 17.8 Å². The fourth-order valence-corrected chi connectivity index (χ4v) is 2.39. The van der Waals surface area contributed by atoms with Crippen molar-refractivity contribution in [2.75, 3.05) is 20.6 Å². The molecular weight excluding hydrogens is 279 g/mol. The Kier molecular flexibility index (Phi) is 5.28. The molecule has 1 unspecified atom stereocenters. The number of amides is 1. The normalized spacial score (nSPS) is 12.2. The van der Waals surface area contributed by atoms with Crippen molar-refractivity contribution < 1.29 is 9.18 Å². The third kappa shape index (κ3) is 4.15. The van der Waals surface area contributed by atoms with Gasteiger partial charge in [-0.1, -0.05) is 29.8 Å². The van der Waals surface area contributed by atoms with Crippen molar-refractivity contribution in [2.45, 2.75) is 13.0 Å².